The number of hydrogen-bond acceptors (Lipinski definition) is 4. The lowest BCUT2D eigenvalue weighted by Crippen LogP contribution is -2.28. The highest BCUT2D eigenvalue weighted by Gasteiger charge is 2.16. The molecule has 6 nitrogen and oxygen atoms in total. The fraction of sp³-hybridized carbons (Fsp3) is 0.263. The van der Waals surface area contributed by atoms with Gasteiger partial charge in [0.1, 0.15) is 11.8 Å². The number of amides is 2. The lowest BCUT2D eigenvalue weighted by Gasteiger charge is -2.16. The van der Waals surface area contributed by atoms with E-state index in [-0.39, 0.29) is 11.6 Å². The number of nitrogens with zero attached hydrogens (tertiary/aromatic N) is 3. The van der Waals surface area contributed by atoms with Crippen molar-refractivity contribution in [1.29, 1.82) is 5.26 Å². The number of hydrogen-bond donors (Lipinski definition) is 1. The van der Waals surface area contributed by atoms with Gasteiger partial charge in [-0.15, -0.1) is 0 Å². The zero-order valence-corrected chi connectivity index (χ0v) is 14.3. The predicted molar refractivity (Wildman–Crippen MR) is 95.2 cm³/mol. The third-order valence-electron chi connectivity index (χ3n) is 3.73. The van der Waals surface area contributed by atoms with E-state index < -0.39 is 5.91 Å². The first-order chi connectivity index (χ1) is 12.1. The molecule has 0 fully saturated rings. The van der Waals surface area contributed by atoms with E-state index in [1.54, 1.807) is 36.2 Å². The topological polar surface area (TPSA) is 86.1 Å². The molecule has 1 aromatic heterocycles. The highest BCUT2D eigenvalue weighted by atomic mass is 16.2. The Morgan fingerprint density at radius 2 is 2.04 bits per heavy atom. The molecule has 0 spiro atoms. The fourth-order valence-electron chi connectivity index (χ4n) is 2.27. The zero-order chi connectivity index (χ0) is 18.2. The molecule has 0 radical (unpaired) electrons. The summed E-state index contributed by atoms with van der Waals surface area (Å²) in [6, 6.07) is 11.8. The van der Waals surface area contributed by atoms with Crippen molar-refractivity contribution < 1.29 is 9.59 Å². The largest absolute Gasteiger partial charge is 0.340 e. The second-order valence-corrected chi connectivity index (χ2v) is 5.62. The molecule has 0 saturated heterocycles. The highest BCUT2D eigenvalue weighted by molar-refractivity contribution is 6.06. The summed E-state index contributed by atoms with van der Waals surface area (Å²) in [5.74, 6) is -0.615. The molecular weight excluding hydrogens is 316 g/mol. The van der Waals surface area contributed by atoms with Crippen LogP contribution in [-0.2, 0) is 0 Å². The Morgan fingerprint density at radius 1 is 1.28 bits per heavy atom. The number of benzene rings is 1. The summed E-state index contributed by atoms with van der Waals surface area (Å²) in [6.45, 7) is 2.70. The van der Waals surface area contributed by atoms with Crippen LogP contribution in [0.4, 0.5) is 5.69 Å². The maximum Gasteiger partial charge on any atom is 0.272 e. The number of rotatable bonds is 6. The van der Waals surface area contributed by atoms with Crippen LogP contribution in [0.3, 0.4) is 0 Å². The van der Waals surface area contributed by atoms with Crippen molar-refractivity contribution in [1.82, 2.24) is 9.88 Å². The summed E-state index contributed by atoms with van der Waals surface area (Å²) in [4.78, 5) is 30.5. The number of carbonyl (C=O) groups excluding carboxylic acids is 2. The normalized spacial score (nSPS) is 9.96. The minimum Gasteiger partial charge on any atom is -0.340 e. The lowest BCUT2D eigenvalue weighted by molar-refractivity contribution is 0.0787. The number of aromatic nitrogens is 1. The molecule has 25 heavy (non-hydrogen) atoms. The van der Waals surface area contributed by atoms with E-state index in [0.29, 0.717) is 23.4 Å². The average molecular weight is 336 g/mol. The van der Waals surface area contributed by atoms with Gasteiger partial charge in [0.2, 0.25) is 0 Å². The van der Waals surface area contributed by atoms with Gasteiger partial charge in [0.15, 0.2) is 0 Å². The van der Waals surface area contributed by atoms with Gasteiger partial charge in [-0.05, 0) is 30.7 Å². The zero-order valence-electron chi connectivity index (χ0n) is 14.3. The molecule has 6 heteroatoms. The van der Waals surface area contributed by atoms with Gasteiger partial charge in [-0.25, -0.2) is 0 Å². The first-order valence-corrected chi connectivity index (χ1v) is 8.08. The number of unbranched alkanes of at least 4 members (excludes halogenated alkanes) is 1. The monoisotopic (exact) mass is 336 g/mol. The van der Waals surface area contributed by atoms with Gasteiger partial charge in [-0.3, -0.25) is 14.6 Å². The molecule has 0 aliphatic carbocycles. The lowest BCUT2D eigenvalue weighted by atomic mass is 10.1. The summed E-state index contributed by atoms with van der Waals surface area (Å²) in [5.41, 5.74) is 1.34. The van der Waals surface area contributed by atoms with Gasteiger partial charge in [0.25, 0.3) is 11.8 Å². The van der Waals surface area contributed by atoms with Gasteiger partial charge in [0, 0.05) is 25.4 Å². The third kappa shape index (κ3) is 4.64. The SMILES string of the molecule is CCCCN(C)C(=O)c1cc(C(=O)Nc2ccccc2C#N)ccn1. The minimum atomic E-state index is -0.393. The second-order valence-electron chi connectivity index (χ2n) is 5.62. The van der Waals surface area contributed by atoms with Crippen LogP contribution in [0.15, 0.2) is 42.6 Å². The predicted octanol–water partition coefficient (Wildman–Crippen LogP) is 3.08. The molecule has 0 bridgehead atoms. The Labute approximate surface area is 147 Å². The molecule has 2 amide bonds. The Balaban J connectivity index is 2.16. The van der Waals surface area contributed by atoms with Gasteiger partial charge >= 0.3 is 0 Å². The molecular formula is C19H20N4O2. The van der Waals surface area contributed by atoms with Crippen LogP contribution >= 0.6 is 0 Å². The van der Waals surface area contributed by atoms with Crippen molar-refractivity contribution >= 4 is 17.5 Å². The van der Waals surface area contributed by atoms with Crippen molar-refractivity contribution in [2.45, 2.75) is 19.8 Å². The smallest absolute Gasteiger partial charge is 0.272 e. The van der Waals surface area contributed by atoms with Gasteiger partial charge in [-0.2, -0.15) is 5.26 Å². The van der Waals surface area contributed by atoms with Crippen molar-refractivity contribution in [2.75, 3.05) is 18.9 Å². The maximum atomic E-state index is 12.4. The van der Waals surface area contributed by atoms with E-state index in [9.17, 15) is 9.59 Å². The number of para-hydroxylation sites is 1. The van der Waals surface area contributed by atoms with Crippen molar-refractivity contribution in [2.24, 2.45) is 0 Å². The van der Waals surface area contributed by atoms with Crippen LogP contribution in [0, 0.1) is 11.3 Å². The van der Waals surface area contributed by atoms with Crippen LogP contribution in [-0.4, -0.2) is 35.3 Å². The second kappa shape index (κ2) is 8.60. The van der Waals surface area contributed by atoms with E-state index in [0.717, 1.165) is 12.8 Å². The van der Waals surface area contributed by atoms with Crippen LogP contribution in [0.1, 0.15) is 46.2 Å². The summed E-state index contributed by atoms with van der Waals surface area (Å²) in [7, 11) is 1.72. The number of anilines is 1. The van der Waals surface area contributed by atoms with Gasteiger partial charge < -0.3 is 10.2 Å². The van der Waals surface area contributed by atoms with E-state index >= 15 is 0 Å². The van der Waals surface area contributed by atoms with Crippen LogP contribution < -0.4 is 5.32 Å². The van der Waals surface area contributed by atoms with Crippen LogP contribution in [0.25, 0.3) is 0 Å². The Morgan fingerprint density at radius 3 is 2.76 bits per heavy atom. The molecule has 2 aromatic rings. The van der Waals surface area contributed by atoms with Crippen molar-refractivity contribution in [3.05, 3.63) is 59.4 Å². The molecule has 0 aliphatic rings. The van der Waals surface area contributed by atoms with Crippen LogP contribution in [0.2, 0.25) is 0 Å². The molecule has 0 atom stereocenters. The van der Waals surface area contributed by atoms with E-state index in [1.165, 1.54) is 18.3 Å². The molecule has 0 saturated carbocycles. The van der Waals surface area contributed by atoms with E-state index in [1.807, 2.05) is 6.07 Å². The fourth-order valence-corrected chi connectivity index (χ4v) is 2.27. The summed E-state index contributed by atoms with van der Waals surface area (Å²) in [6.07, 6.45) is 3.34. The van der Waals surface area contributed by atoms with Crippen molar-refractivity contribution in [3.63, 3.8) is 0 Å². The molecule has 2 rings (SSSR count). The third-order valence-corrected chi connectivity index (χ3v) is 3.73. The number of nitrogens with one attached hydrogen (secondary N) is 1. The summed E-state index contributed by atoms with van der Waals surface area (Å²) < 4.78 is 0. The maximum absolute atomic E-state index is 12.4. The Bertz CT molecular complexity index is 811. The number of pyridine rings is 1. The molecule has 1 N–H and O–H groups in total. The van der Waals surface area contributed by atoms with Crippen molar-refractivity contribution in [3.8, 4) is 6.07 Å². The number of carbonyl (C=O) groups is 2. The molecule has 0 aliphatic heterocycles. The van der Waals surface area contributed by atoms with E-state index in [2.05, 4.69) is 17.2 Å². The molecule has 1 aromatic carbocycles. The minimum absolute atomic E-state index is 0.222. The first-order valence-electron chi connectivity index (χ1n) is 8.08. The quantitative estimate of drug-likeness (QED) is 0.878. The Hall–Kier alpha value is -3.20. The number of nitriles is 1. The molecule has 1 heterocycles. The van der Waals surface area contributed by atoms with E-state index in [4.69, 9.17) is 5.26 Å². The molecule has 128 valence electrons. The van der Waals surface area contributed by atoms with Crippen LogP contribution in [0.5, 0.6) is 0 Å². The Kier molecular flexibility index (Phi) is 6.24. The molecule has 0 unspecified atom stereocenters. The average Bonchev–Trinajstić information content (AvgIpc) is 2.65. The summed E-state index contributed by atoms with van der Waals surface area (Å²) >= 11 is 0. The first kappa shape index (κ1) is 18.1. The van der Waals surface area contributed by atoms with Gasteiger partial charge in [0.05, 0.1) is 11.3 Å². The highest BCUT2D eigenvalue weighted by Crippen LogP contribution is 2.15. The summed E-state index contributed by atoms with van der Waals surface area (Å²) in [5, 5.41) is 11.8. The standard InChI is InChI=1S/C19H20N4O2/c1-3-4-11-23(2)19(25)17-12-14(9-10-21-17)18(24)22-16-8-6-5-7-15(16)13-20/h5-10,12H,3-4,11H2,1-2H3,(H,22,24). The van der Waals surface area contributed by atoms with Gasteiger partial charge in [-0.1, -0.05) is 25.5 Å².